The third-order valence-electron chi connectivity index (χ3n) is 5.54. The van der Waals surface area contributed by atoms with Crippen molar-refractivity contribution in [1.82, 2.24) is 10.2 Å². The number of carbonyl (C=O) groups excluding carboxylic acids is 2. The Balaban J connectivity index is 2.00. The Bertz CT molecular complexity index is 1210. The van der Waals surface area contributed by atoms with Crippen LogP contribution in [0.4, 0.5) is 5.69 Å². The van der Waals surface area contributed by atoms with E-state index in [9.17, 15) is 18.0 Å². The summed E-state index contributed by atoms with van der Waals surface area (Å²) in [4.78, 5) is 27.5. The van der Waals surface area contributed by atoms with Crippen molar-refractivity contribution in [3.8, 4) is 0 Å². The van der Waals surface area contributed by atoms with Crippen molar-refractivity contribution in [1.29, 1.82) is 0 Å². The maximum atomic E-state index is 13.6. The second kappa shape index (κ2) is 11.0. The number of sulfonamides is 1. The Morgan fingerprint density at radius 1 is 0.882 bits per heavy atom. The van der Waals surface area contributed by atoms with Crippen LogP contribution in [0.1, 0.15) is 18.1 Å². The summed E-state index contributed by atoms with van der Waals surface area (Å²) in [5, 5.41) is 2.57. The molecule has 0 saturated carbocycles. The van der Waals surface area contributed by atoms with Gasteiger partial charge in [0.25, 0.3) is 10.0 Å². The number of hydrogen-bond donors (Lipinski definition) is 1. The number of rotatable bonds is 9. The van der Waals surface area contributed by atoms with Gasteiger partial charge in [-0.2, -0.15) is 0 Å². The van der Waals surface area contributed by atoms with Crippen LogP contribution in [0.3, 0.4) is 0 Å². The normalized spacial score (nSPS) is 12.0. The first-order chi connectivity index (χ1) is 16.2. The number of carbonyl (C=O) groups is 2. The summed E-state index contributed by atoms with van der Waals surface area (Å²) in [6.07, 6.45) is 0. The zero-order valence-corrected chi connectivity index (χ0v) is 20.3. The molecule has 0 saturated heterocycles. The summed E-state index contributed by atoms with van der Waals surface area (Å²) in [7, 11) is -2.53. The molecule has 0 aliphatic carbocycles. The highest BCUT2D eigenvalue weighted by molar-refractivity contribution is 7.92. The number of nitrogens with zero attached hydrogens (tertiary/aromatic N) is 2. The topological polar surface area (TPSA) is 86.8 Å². The van der Waals surface area contributed by atoms with Crippen LogP contribution in [0, 0.1) is 6.92 Å². The van der Waals surface area contributed by atoms with Gasteiger partial charge in [0.05, 0.1) is 10.6 Å². The SMILES string of the molecule is CNC(=O)C(C)N(Cc1ccccc1)C(=O)CN(c1ccc(C)cc1)S(=O)(=O)c1ccccc1. The fourth-order valence-corrected chi connectivity index (χ4v) is 4.97. The molecule has 3 rings (SSSR count). The van der Waals surface area contributed by atoms with Gasteiger partial charge >= 0.3 is 0 Å². The molecule has 7 nitrogen and oxygen atoms in total. The molecule has 2 amide bonds. The number of likely N-dealkylation sites (N-methyl/N-ethyl adjacent to an activating group) is 1. The van der Waals surface area contributed by atoms with Crippen molar-refractivity contribution in [2.75, 3.05) is 17.9 Å². The van der Waals surface area contributed by atoms with Crippen LogP contribution in [-0.4, -0.2) is 44.8 Å². The van der Waals surface area contributed by atoms with E-state index in [-0.39, 0.29) is 17.3 Å². The van der Waals surface area contributed by atoms with Gasteiger partial charge in [0.1, 0.15) is 12.6 Å². The van der Waals surface area contributed by atoms with Crippen LogP contribution in [0.5, 0.6) is 0 Å². The summed E-state index contributed by atoms with van der Waals surface area (Å²) < 4.78 is 28.2. The minimum absolute atomic E-state index is 0.0809. The molecule has 1 atom stereocenters. The summed E-state index contributed by atoms with van der Waals surface area (Å²) in [5.74, 6) is -0.822. The molecule has 1 N–H and O–H groups in total. The Morgan fingerprint density at radius 3 is 2.00 bits per heavy atom. The second-order valence-corrected chi connectivity index (χ2v) is 9.82. The third kappa shape index (κ3) is 5.82. The molecule has 0 fully saturated rings. The molecule has 34 heavy (non-hydrogen) atoms. The lowest BCUT2D eigenvalue weighted by atomic mass is 10.1. The predicted octanol–water partition coefficient (Wildman–Crippen LogP) is 3.35. The fraction of sp³-hybridized carbons (Fsp3) is 0.231. The van der Waals surface area contributed by atoms with Crippen LogP contribution in [-0.2, 0) is 26.2 Å². The minimum atomic E-state index is -4.03. The van der Waals surface area contributed by atoms with E-state index in [0.717, 1.165) is 15.4 Å². The molecule has 3 aromatic carbocycles. The Morgan fingerprint density at radius 2 is 1.44 bits per heavy atom. The zero-order chi connectivity index (χ0) is 24.7. The van der Waals surface area contributed by atoms with Gasteiger partial charge in [-0.3, -0.25) is 13.9 Å². The van der Waals surface area contributed by atoms with Crippen LogP contribution in [0.15, 0.2) is 89.8 Å². The summed E-state index contributed by atoms with van der Waals surface area (Å²) in [6.45, 7) is 3.25. The molecule has 0 aliphatic heterocycles. The highest BCUT2D eigenvalue weighted by Gasteiger charge is 2.32. The lowest BCUT2D eigenvalue weighted by molar-refractivity contribution is -0.139. The lowest BCUT2D eigenvalue weighted by Gasteiger charge is -2.31. The van der Waals surface area contributed by atoms with E-state index in [4.69, 9.17) is 0 Å². The van der Waals surface area contributed by atoms with Crippen molar-refractivity contribution in [2.24, 2.45) is 0 Å². The van der Waals surface area contributed by atoms with E-state index in [1.165, 1.54) is 24.1 Å². The quantitative estimate of drug-likeness (QED) is 0.510. The third-order valence-corrected chi connectivity index (χ3v) is 7.33. The van der Waals surface area contributed by atoms with Gasteiger partial charge in [0, 0.05) is 13.6 Å². The molecule has 0 aromatic heterocycles. The summed E-state index contributed by atoms with van der Waals surface area (Å²) in [5.41, 5.74) is 2.17. The average molecular weight is 480 g/mol. The van der Waals surface area contributed by atoms with Crippen LogP contribution < -0.4 is 9.62 Å². The van der Waals surface area contributed by atoms with Crippen molar-refractivity contribution in [3.63, 3.8) is 0 Å². The number of hydrogen-bond acceptors (Lipinski definition) is 4. The molecular formula is C26H29N3O4S. The summed E-state index contributed by atoms with van der Waals surface area (Å²) >= 11 is 0. The second-order valence-electron chi connectivity index (χ2n) is 7.96. The highest BCUT2D eigenvalue weighted by atomic mass is 32.2. The monoisotopic (exact) mass is 479 g/mol. The molecular weight excluding hydrogens is 450 g/mol. The summed E-state index contributed by atoms with van der Waals surface area (Å²) in [6, 6.07) is 23.4. The van der Waals surface area contributed by atoms with Gasteiger partial charge in [-0.1, -0.05) is 66.2 Å². The van der Waals surface area contributed by atoms with Crippen molar-refractivity contribution in [2.45, 2.75) is 31.3 Å². The first-order valence-corrected chi connectivity index (χ1v) is 12.4. The van der Waals surface area contributed by atoms with E-state index in [1.807, 2.05) is 37.3 Å². The van der Waals surface area contributed by atoms with Crippen LogP contribution >= 0.6 is 0 Å². The van der Waals surface area contributed by atoms with E-state index < -0.39 is 28.5 Å². The van der Waals surface area contributed by atoms with E-state index in [1.54, 1.807) is 49.4 Å². The standard InChI is InChI=1S/C26H29N3O4S/c1-20-14-16-23(17-15-20)29(34(32,33)24-12-8-5-9-13-24)19-25(30)28(21(2)26(31)27-3)18-22-10-6-4-7-11-22/h4-17,21H,18-19H2,1-3H3,(H,27,31). The van der Waals surface area contributed by atoms with Crippen molar-refractivity contribution < 1.29 is 18.0 Å². The smallest absolute Gasteiger partial charge is 0.264 e. The van der Waals surface area contributed by atoms with E-state index >= 15 is 0 Å². The van der Waals surface area contributed by atoms with Gasteiger partial charge in [-0.25, -0.2) is 8.42 Å². The molecule has 0 aliphatic rings. The molecule has 178 valence electrons. The molecule has 0 bridgehead atoms. The van der Waals surface area contributed by atoms with Crippen molar-refractivity contribution >= 4 is 27.5 Å². The minimum Gasteiger partial charge on any atom is -0.357 e. The molecule has 0 radical (unpaired) electrons. The molecule has 8 heteroatoms. The van der Waals surface area contributed by atoms with E-state index in [2.05, 4.69) is 5.32 Å². The fourth-order valence-electron chi connectivity index (χ4n) is 3.53. The van der Waals surface area contributed by atoms with Crippen LogP contribution in [0.25, 0.3) is 0 Å². The molecule has 3 aromatic rings. The number of benzene rings is 3. The van der Waals surface area contributed by atoms with E-state index in [0.29, 0.717) is 5.69 Å². The maximum absolute atomic E-state index is 13.6. The Hall–Kier alpha value is -3.65. The zero-order valence-electron chi connectivity index (χ0n) is 19.5. The molecule has 0 heterocycles. The van der Waals surface area contributed by atoms with Crippen molar-refractivity contribution in [3.05, 3.63) is 96.1 Å². The van der Waals surface area contributed by atoms with Gasteiger partial charge in [0.15, 0.2) is 0 Å². The maximum Gasteiger partial charge on any atom is 0.264 e. The van der Waals surface area contributed by atoms with Gasteiger partial charge in [0.2, 0.25) is 11.8 Å². The average Bonchev–Trinajstić information content (AvgIpc) is 2.86. The Labute approximate surface area is 201 Å². The number of aryl methyl sites for hydroxylation is 1. The largest absolute Gasteiger partial charge is 0.357 e. The van der Waals surface area contributed by atoms with Gasteiger partial charge < -0.3 is 10.2 Å². The first kappa shape index (κ1) is 25.0. The number of nitrogens with one attached hydrogen (secondary N) is 1. The predicted molar refractivity (Wildman–Crippen MR) is 133 cm³/mol. The van der Waals surface area contributed by atoms with Gasteiger partial charge in [-0.15, -0.1) is 0 Å². The van der Waals surface area contributed by atoms with Crippen LogP contribution in [0.2, 0.25) is 0 Å². The number of anilines is 1. The molecule has 0 spiro atoms. The highest BCUT2D eigenvalue weighted by Crippen LogP contribution is 2.25. The lowest BCUT2D eigenvalue weighted by Crippen LogP contribution is -2.50. The first-order valence-electron chi connectivity index (χ1n) is 10.9. The molecule has 1 unspecified atom stereocenters. The Kier molecular flexibility index (Phi) is 8.07. The van der Waals surface area contributed by atoms with Gasteiger partial charge in [-0.05, 0) is 43.7 Å². The number of amides is 2.